The fraction of sp³-hybridized carbons (Fsp3) is 0.611. The molecule has 3 nitrogen and oxygen atoms in total. The standard InChI is InChI=1S/C16H22N2O.C2H6/c1-3-6-12-11(4-2)9-10-18-15(12)13-7-5-8-14(17-13)16(18)19;1-2/h3-4,6,13-15,17H,2,5,7-10H2,1H3;1-2H3/b6-3-;. The minimum absolute atomic E-state index is 0.0622. The second-order valence-corrected chi connectivity index (χ2v) is 5.67. The first-order valence-electron chi connectivity index (χ1n) is 8.31. The highest BCUT2D eigenvalue weighted by atomic mass is 16.2. The maximum atomic E-state index is 12.5. The molecule has 3 atom stereocenters. The van der Waals surface area contributed by atoms with Gasteiger partial charge in [-0.15, -0.1) is 0 Å². The Morgan fingerprint density at radius 1 is 1.33 bits per heavy atom. The van der Waals surface area contributed by atoms with E-state index in [-0.39, 0.29) is 12.1 Å². The third-order valence-electron chi connectivity index (χ3n) is 4.63. The van der Waals surface area contributed by atoms with E-state index in [4.69, 9.17) is 0 Å². The zero-order valence-electron chi connectivity index (χ0n) is 13.6. The molecular weight excluding hydrogens is 260 g/mol. The molecule has 3 heteroatoms. The van der Waals surface area contributed by atoms with Crippen LogP contribution >= 0.6 is 0 Å². The van der Waals surface area contributed by atoms with Gasteiger partial charge in [-0.2, -0.15) is 0 Å². The van der Waals surface area contributed by atoms with Gasteiger partial charge in [0.05, 0.1) is 12.1 Å². The third-order valence-corrected chi connectivity index (χ3v) is 4.63. The van der Waals surface area contributed by atoms with Crippen LogP contribution in [0.4, 0.5) is 0 Å². The molecule has 1 amide bonds. The quantitative estimate of drug-likeness (QED) is 0.846. The molecule has 116 valence electrons. The lowest BCUT2D eigenvalue weighted by Gasteiger charge is -2.50. The molecule has 0 aliphatic carbocycles. The van der Waals surface area contributed by atoms with Crippen LogP contribution in [0.25, 0.3) is 0 Å². The van der Waals surface area contributed by atoms with Gasteiger partial charge < -0.3 is 10.2 Å². The Morgan fingerprint density at radius 3 is 2.76 bits per heavy atom. The summed E-state index contributed by atoms with van der Waals surface area (Å²) in [4.78, 5) is 14.6. The zero-order valence-corrected chi connectivity index (χ0v) is 13.6. The second kappa shape index (κ2) is 7.08. The lowest BCUT2D eigenvalue weighted by molar-refractivity contribution is -0.141. The lowest BCUT2D eigenvalue weighted by atomic mass is 9.80. The molecule has 0 radical (unpaired) electrons. The first-order chi connectivity index (χ1) is 10.3. The molecule has 0 spiro atoms. The molecule has 2 fully saturated rings. The van der Waals surface area contributed by atoms with E-state index in [0.717, 1.165) is 32.2 Å². The normalized spacial score (nSPS) is 31.7. The minimum atomic E-state index is 0.0622. The second-order valence-electron chi connectivity index (χ2n) is 5.67. The molecule has 0 aromatic rings. The van der Waals surface area contributed by atoms with Gasteiger partial charge in [-0.05, 0) is 43.8 Å². The Labute approximate surface area is 128 Å². The summed E-state index contributed by atoms with van der Waals surface area (Å²) in [6.07, 6.45) is 10.5. The molecule has 3 aliphatic heterocycles. The maximum absolute atomic E-state index is 12.5. The molecule has 3 rings (SSSR count). The van der Waals surface area contributed by atoms with Crippen LogP contribution in [0.15, 0.2) is 36.0 Å². The van der Waals surface area contributed by atoms with Crippen LogP contribution in [-0.2, 0) is 4.79 Å². The molecular formula is C18H28N2O. The van der Waals surface area contributed by atoms with E-state index in [2.05, 4.69) is 28.9 Å². The molecule has 2 bridgehead atoms. The van der Waals surface area contributed by atoms with Crippen molar-refractivity contribution in [3.8, 4) is 0 Å². The Bertz CT molecular complexity index is 464. The third kappa shape index (κ3) is 2.84. The highest BCUT2D eigenvalue weighted by Gasteiger charge is 2.45. The SMILES string of the molecule is C=CC1=C(/C=C\C)C2C3CCCC(N3)C(=O)N2CC1.CC. The Hall–Kier alpha value is -1.35. The van der Waals surface area contributed by atoms with Crippen molar-refractivity contribution in [3.05, 3.63) is 36.0 Å². The fourth-order valence-corrected chi connectivity index (χ4v) is 3.78. The Balaban J connectivity index is 0.000000774. The monoisotopic (exact) mass is 288 g/mol. The summed E-state index contributed by atoms with van der Waals surface area (Å²) in [6.45, 7) is 10.8. The van der Waals surface area contributed by atoms with E-state index in [1.165, 1.54) is 11.1 Å². The smallest absolute Gasteiger partial charge is 0.240 e. The summed E-state index contributed by atoms with van der Waals surface area (Å²) >= 11 is 0. The fourth-order valence-electron chi connectivity index (χ4n) is 3.78. The molecule has 3 heterocycles. The van der Waals surface area contributed by atoms with Gasteiger partial charge in [0.1, 0.15) is 0 Å². The molecule has 3 aliphatic rings. The highest BCUT2D eigenvalue weighted by Crippen LogP contribution is 2.35. The van der Waals surface area contributed by atoms with E-state index in [9.17, 15) is 4.79 Å². The van der Waals surface area contributed by atoms with Gasteiger partial charge >= 0.3 is 0 Å². The van der Waals surface area contributed by atoms with Crippen molar-refractivity contribution < 1.29 is 4.79 Å². The highest BCUT2D eigenvalue weighted by molar-refractivity contribution is 5.84. The van der Waals surface area contributed by atoms with Gasteiger partial charge in [0.25, 0.3) is 0 Å². The topological polar surface area (TPSA) is 32.3 Å². The number of hydrogen-bond acceptors (Lipinski definition) is 2. The average molecular weight is 288 g/mol. The first kappa shape index (κ1) is 16.0. The number of nitrogens with zero attached hydrogens (tertiary/aromatic N) is 1. The van der Waals surface area contributed by atoms with Crippen molar-refractivity contribution in [2.24, 2.45) is 0 Å². The lowest BCUT2D eigenvalue weighted by Crippen LogP contribution is -2.68. The number of carbonyl (C=O) groups is 1. The van der Waals surface area contributed by atoms with Gasteiger partial charge in [0.2, 0.25) is 5.91 Å². The minimum Gasteiger partial charge on any atom is -0.332 e. The average Bonchev–Trinajstić information content (AvgIpc) is 2.55. The molecule has 2 saturated heterocycles. The summed E-state index contributed by atoms with van der Waals surface area (Å²) in [5, 5.41) is 3.54. The first-order valence-corrected chi connectivity index (χ1v) is 8.31. The molecule has 0 aromatic carbocycles. The van der Waals surface area contributed by atoms with Crippen LogP contribution < -0.4 is 5.32 Å². The van der Waals surface area contributed by atoms with Gasteiger partial charge in [-0.3, -0.25) is 4.79 Å². The van der Waals surface area contributed by atoms with Crippen LogP contribution in [-0.4, -0.2) is 35.5 Å². The number of rotatable bonds is 2. The summed E-state index contributed by atoms with van der Waals surface area (Å²) in [7, 11) is 0. The molecule has 21 heavy (non-hydrogen) atoms. The number of hydrogen-bond donors (Lipinski definition) is 1. The molecule has 1 N–H and O–H groups in total. The Morgan fingerprint density at radius 2 is 2.10 bits per heavy atom. The molecule has 3 unspecified atom stereocenters. The van der Waals surface area contributed by atoms with Crippen molar-refractivity contribution in [2.45, 2.75) is 64.6 Å². The van der Waals surface area contributed by atoms with Crippen molar-refractivity contribution >= 4 is 5.91 Å². The van der Waals surface area contributed by atoms with Crippen molar-refractivity contribution in [2.75, 3.05) is 6.54 Å². The zero-order chi connectivity index (χ0) is 15.4. The number of fused-ring (bicyclic) bond motifs is 4. The van der Waals surface area contributed by atoms with Crippen molar-refractivity contribution in [3.63, 3.8) is 0 Å². The number of piperidine rings is 1. The van der Waals surface area contributed by atoms with E-state index in [1.54, 1.807) is 0 Å². The van der Waals surface area contributed by atoms with E-state index in [0.29, 0.717) is 11.9 Å². The Kier molecular flexibility index (Phi) is 5.40. The van der Waals surface area contributed by atoms with Gasteiger partial charge in [0.15, 0.2) is 0 Å². The van der Waals surface area contributed by atoms with Crippen LogP contribution in [0.3, 0.4) is 0 Å². The van der Waals surface area contributed by atoms with E-state index in [1.807, 2.05) is 26.8 Å². The predicted octanol–water partition coefficient (Wildman–Crippen LogP) is 3.20. The van der Waals surface area contributed by atoms with Gasteiger partial charge in [-0.25, -0.2) is 0 Å². The largest absolute Gasteiger partial charge is 0.332 e. The summed E-state index contributed by atoms with van der Waals surface area (Å²) in [5.74, 6) is 0.297. The summed E-state index contributed by atoms with van der Waals surface area (Å²) in [6, 6.07) is 0.687. The van der Waals surface area contributed by atoms with Gasteiger partial charge in [0, 0.05) is 12.6 Å². The van der Waals surface area contributed by atoms with Crippen LogP contribution in [0.2, 0.25) is 0 Å². The number of amides is 1. The number of piperazine rings is 1. The summed E-state index contributed by atoms with van der Waals surface area (Å²) < 4.78 is 0. The van der Waals surface area contributed by atoms with Crippen LogP contribution in [0.1, 0.15) is 46.5 Å². The molecule has 0 aromatic heterocycles. The van der Waals surface area contributed by atoms with E-state index < -0.39 is 0 Å². The summed E-state index contributed by atoms with van der Waals surface area (Å²) in [5.41, 5.74) is 2.59. The predicted molar refractivity (Wildman–Crippen MR) is 88.1 cm³/mol. The number of allylic oxidation sites excluding steroid dienone is 2. The van der Waals surface area contributed by atoms with Crippen LogP contribution in [0, 0.1) is 0 Å². The van der Waals surface area contributed by atoms with Gasteiger partial charge in [-0.1, -0.05) is 38.7 Å². The number of carbonyl (C=O) groups excluding carboxylic acids is 1. The van der Waals surface area contributed by atoms with Crippen molar-refractivity contribution in [1.29, 1.82) is 0 Å². The van der Waals surface area contributed by atoms with Crippen molar-refractivity contribution in [1.82, 2.24) is 10.2 Å². The maximum Gasteiger partial charge on any atom is 0.240 e. The van der Waals surface area contributed by atoms with E-state index >= 15 is 0 Å². The molecule has 0 saturated carbocycles. The van der Waals surface area contributed by atoms with Crippen LogP contribution in [0.5, 0.6) is 0 Å². The number of nitrogens with one attached hydrogen (secondary N) is 1.